The second-order valence-corrected chi connectivity index (χ2v) is 7.31. The quantitative estimate of drug-likeness (QED) is 0.232. The zero-order valence-corrected chi connectivity index (χ0v) is 18.4. The smallest absolute Gasteiger partial charge is 0.225 e. The van der Waals surface area contributed by atoms with Gasteiger partial charge in [0, 0.05) is 25.9 Å². The summed E-state index contributed by atoms with van der Waals surface area (Å²) in [6, 6.07) is 10.4. The van der Waals surface area contributed by atoms with Crippen molar-refractivity contribution < 1.29 is 14.2 Å². The fourth-order valence-corrected chi connectivity index (χ4v) is 4.19. The molecule has 1 aromatic rings. The number of unbranched alkanes of at least 4 members (excludes halogenated alkanes) is 5. The molecule has 0 amide bonds. The van der Waals surface area contributed by atoms with E-state index in [1.807, 2.05) is 27.0 Å². The minimum absolute atomic E-state index is 0.486. The highest BCUT2D eigenvalue weighted by molar-refractivity contribution is 5.25. The summed E-state index contributed by atoms with van der Waals surface area (Å²) in [5.41, 5.74) is 0.565. The Morgan fingerprint density at radius 3 is 1.81 bits per heavy atom. The predicted molar refractivity (Wildman–Crippen MR) is 114 cm³/mol. The van der Waals surface area contributed by atoms with Gasteiger partial charge in [-0.2, -0.15) is 0 Å². The van der Waals surface area contributed by atoms with Crippen LogP contribution in [-0.2, 0) is 20.0 Å². The summed E-state index contributed by atoms with van der Waals surface area (Å²) in [5.74, 6) is -0.869. The summed E-state index contributed by atoms with van der Waals surface area (Å²) in [4.78, 5) is 0. The van der Waals surface area contributed by atoms with E-state index in [1.165, 1.54) is 32.1 Å². The first kappa shape index (κ1) is 24.1. The van der Waals surface area contributed by atoms with Gasteiger partial charge in [0.05, 0.1) is 0 Å². The molecule has 1 atom stereocenters. The van der Waals surface area contributed by atoms with Crippen molar-refractivity contribution in [3.05, 3.63) is 35.9 Å². The molecular weight excluding hydrogens is 336 g/mol. The first-order chi connectivity index (χ1) is 13.2. The van der Waals surface area contributed by atoms with Crippen LogP contribution in [0.5, 0.6) is 0 Å². The molecule has 0 fully saturated rings. The average Bonchev–Trinajstić information content (AvgIpc) is 2.70. The van der Waals surface area contributed by atoms with E-state index >= 15 is 0 Å². The van der Waals surface area contributed by atoms with Crippen molar-refractivity contribution in [1.82, 2.24) is 0 Å². The number of benzene rings is 1. The minimum atomic E-state index is -0.869. The Bertz CT molecular complexity index is 468. The van der Waals surface area contributed by atoms with Gasteiger partial charge >= 0.3 is 0 Å². The van der Waals surface area contributed by atoms with Crippen molar-refractivity contribution in [3.63, 3.8) is 0 Å². The zero-order chi connectivity index (χ0) is 20.0. The first-order valence-corrected chi connectivity index (χ1v) is 11.0. The lowest BCUT2D eigenvalue weighted by Crippen LogP contribution is -2.56. The lowest BCUT2D eigenvalue weighted by Gasteiger charge is -2.49. The Hall–Kier alpha value is -0.900. The van der Waals surface area contributed by atoms with E-state index in [9.17, 15) is 0 Å². The molecule has 1 aromatic carbocycles. The maximum atomic E-state index is 6.41. The summed E-state index contributed by atoms with van der Waals surface area (Å²) in [6.45, 7) is 9.71. The van der Waals surface area contributed by atoms with E-state index in [1.54, 1.807) is 0 Å². The van der Waals surface area contributed by atoms with Crippen LogP contribution in [0.15, 0.2) is 30.3 Å². The second kappa shape index (κ2) is 13.3. The molecule has 3 heteroatoms. The summed E-state index contributed by atoms with van der Waals surface area (Å²) in [5, 5.41) is 0. The highest BCUT2D eigenvalue weighted by Crippen LogP contribution is 2.46. The standard InChI is InChI=1S/C24H42O3/c1-6-10-11-12-13-17-21-23(25-5,20-7-2)24(26-8-3,27-9-4)22-18-15-14-16-19-22/h14-16,18-19H,6-13,17,20-21H2,1-5H3. The van der Waals surface area contributed by atoms with Crippen LogP contribution in [0.1, 0.15) is 91.0 Å². The van der Waals surface area contributed by atoms with Gasteiger partial charge < -0.3 is 14.2 Å². The molecule has 1 rings (SSSR count). The van der Waals surface area contributed by atoms with Crippen molar-refractivity contribution in [2.75, 3.05) is 20.3 Å². The van der Waals surface area contributed by atoms with Crippen molar-refractivity contribution in [3.8, 4) is 0 Å². The molecule has 27 heavy (non-hydrogen) atoms. The van der Waals surface area contributed by atoms with Crippen LogP contribution in [-0.4, -0.2) is 25.9 Å². The van der Waals surface area contributed by atoms with Gasteiger partial charge in [-0.15, -0.1) is 0 Å². The molecule has 0 bridgehead atoms. The lowest BCUT2D eigenvalue weighted by atomic mass is 9.78. The highest BCUT2D eigenvalue weighted by Gasteiger charge is 2.54. The monoisotopic (exact) mass is 378 g/mol. The number of ether oxygens (including phenoxy) is 3. The molecule has 0 radical (unpaired) electrons. The van der Waals surface area contributed by atoms with E-state index in [0.29, 0.717) is 13.2 Å². The number of rotatable bonds is 16. The van der Waals surface area contributed by atoms with E-state index in [0.717, 1.165) is 31.2 Å². The molecule has 0 aliphatic rings. The fourth-order valence-electron chi connectivity index (χ4n) is 4.19. The first-order valence-electron chi connectivity index (χ1n) is 11.0. The van der Waals surface area contributed by atoms with Gasteiger partial charge in [0.2, 0.25) is 5.79 Å². The zero-order valence-electron chi connectivity index (χ0n) is 18.4. The summed E-state index contributed by atoms with van der Waals surface area (Å²) in [6.07, 6.45) is 10.5. The molecule has 0 saturated carbocycles. The van der Waals surface area contributed by atoms with Crippen LogP contribution < -0.4 is 0 Å². The van der Waals surface area contributed by atoms with E-state index < -0.39 is 11.4 Å². The molecule has 0 aliphatic heterocycles. The number of hydrogen-bond donors (Lipinski definition) is 0. The molecule has 0 N–H and O–H groups in total. The number of hydrogen-bond acceptors (Lipinski definition) is 3. The molecule has 0 aromatic heterocycles. The minimum Gasteiger partial charge on any atom is -0.372 e. The molecule has 3 nitrogen and oxygen atoms in total. The SMILES string of the molecule is CCCCCCCCC(CCC)(OC)C(OCC)(OCC)c1ccccc1. The van der Waals surface area contributed by atoms with Gasteiger partial charge in [-0.3, -0.25) is 0 Å². The van der Waals surface area contributed by atoms with Crippen molar-refractivity contribution >= 4 is 0 Å². The molecule has 0 saturated heterocycles. The normalized spacial score (nSPS) is 14.3. The molecule has 0 heterocycles. The molecule has 1 unspecified atom stereocenters. The topological polar surface area (TPSA) is 27.7 Å². The van der Waals surface area contributed by atoms with Gasteiger partial charge in [-0.05, 0) is 26.7 Å². The van der Waals surface area contributed by atoms with Crippen LogP contribution >= 0.6 is 0 Å². The largest absolute Gasteiger partial charge is 0.372 e. The molecule has 0 aliphatic carbocycles. The van der Waals surface area contributed by atoms with E-state index in [2.05, 4.69) is 38.1 Å². The van der Waals surface area contributed by atoms with Crippen LogP contribution in [0.2, 0.25) is 0 Å². The maximum Gasteiger partial charge on any atom is 0.225 e. The second-order valence-electron chi connectivity index (χ2n) is 7.31. The number of methoxy groups -OCH3 is 1. The molecular formula is C24H42O3. The van der Waals surface area contributed by atoms with Crippen LogP contribution in [0.25, 0.3) is 0 Å². The lowest BCUT2D eigenvalue weighted by molar-refractivity contribution is -0.340. The third-order valence-corrected chi connectivity index (χ3v) is 5.43. The van der Waals surface area contributed by atoms with Crippen molar-refractivity contribution in [2.45, 2.75) is 96.9 Å². The average molecular weight is 379 g/mol. The van der Waals surface area contributed by atoms with Crippen LogP contribution in [0.3, 0.4) is 0 Å². The Morgan fingerprint density at radius 2 is 1.30 bits per heavy atom. The van der Waals surface area contributed by atoms with Gasteiger partial charge in [-0.25, -0.2) is 0 Å². The van der Waals surface area contributed by atoms with Gasteiger partial charge in [0.15, 0.2) is 0 Å². The third-order valence-electron chi connectivity index (χ3n) is 5.43. The van der Waals surface area contributed by atoms with E-state index in [4.69, 9.17) is 14.2 Å². The van der Waals surface area contributed by atoms with E-state index in [-0.39, 0.29) is 0 Å². The Balaban J connectivity index is 3.17. The Labute approximate surface area is 167 Å². The third kappa shape index (κ3) is 6.30. The Kier molecular flexibility index (Phi) is 11.9. The molecule has 0 spiro atoms. The van der Waals surface area contributed by atoms with Crippen molar-refractivity contribution in [2.24, 2.45) is 0 Å². The maximum absolute atomic E-state index is 6.41. The predicted octanol–water partition coefficient (Wildman–Crippen LogP) is 6.85. The highest BCUT2D eigenvalue weighted by atomic mass is 16.7. The van der Waals surface area contributed by atoms with Gasteiger partial charge in [-0.1, -0.05) is 89.1 Å². The summed E-state index contributed by atoms with van der Waals surface area (Å²) < 4.78 is 19.1. The summed E-state index contributed by atoms with van der Waals surface area (Å²) >= 11 is 0. The summed E-state index contributed by atoms with van der Waals surface area (Å²) in [7, 11) is 1.82. The Morgan fingerprint density at radius 1 is 0.704 bits per heavy atom. The van der Waals surface area contributed by atoms with Crippen molar-refractivity contribution in [1.29, 1.82) is 0 Å². The van der Waals surface area contributed by atoms with Crippen LogP contribution in [0.4, 0.5) is 0 Å². The van der Waals surface area contributed by atoms with Gasteiger partial charge in [0.1, 0.15) is 5.60 Å². The van der Waals surface area contributed by atoms with Crippen LogP contribution in [0, 0.1) is 0 Å². The van der Waals surface area contributed by atoms with Gasteiger partial charge in [0.25, 0.3) is 0 Å². The fraction of sp³-hybridized carbons (Fsp3) is 0.750. The molecule has 156 valence electrons.